The minimum Gasteiger partial charge on any atom is -0.374 e. The molecule has 96 valence electrons. The van der Waals surface area contributed by atoms with Crippen molar-refractivity contribution >= 4 is 5.78 Å². The third-order valence-electron chi connectivity index (χ3n) is 2.71. The predicted octanol–water partition coefficient (Wildman–Crippen LogP) is 3.83. The molecule has 0 heterocycles. The van der Waals surface area contributed by atoms with Crippen molar-refractivity contribution in [2.24, 2.45) is 11.8 Å². The van der Waals surface area contributed by atoms with Crippen LogP contribution < -0.4 is 0 Å². The largest absolute Gasteiger partial charge is 0.374 e. The Balaban J connectivity index is 3.13. The molecule has 0 bridgehead atoms. The summed E-state index contributed by atoms with van der Waals surface area (Å²) in [4.78, 5) is 11.2. The SMILES string of the molecule is CC(C)CCCCCCOCC(=O)C(C)C. The van der Waals surface area contributed by atoms with E-state index in [4.69, 9.17) is 4.74 Å². The lowest BCUT2D eigenvalue weighted by Gasteiger charge is -2.06. The quantitative estimate of drug-likeness (QED) is 0.531. The highest BCUT2D eigenvalue weighted by Crippen LogP contribution is 2.09. The molecule has 0 unspecified atom stereocenters. The number of rotatable bonds is 10. The number of ketones is 1. The van der Waals surface area contributed by atoms with E-state index in [2.05, 4.69) is 13.8 Å². The van der Waals surface area contributed by atoms with Crippen LogP contribution in [0.15, 0.2) is 0 Å². The summed E-state index contributed by atoms with van der Waals surface area (Å²) in [5.74, 6) is 1.13. The van der Waals surface area contributed by atoms with Gasteiger partial charge in [-0.3, -0.25) is 4.79 Å². The molecule has 0 aromatic carbocycles. The lowest BCUT2D eigenvalue weighted by atomic mass is 10.0. The molecule has 0 aliphatic carbocycles. The molecule has 0 saturated carbocycles. The van der Waals surface area contributed by atoms with Gasteiger partial charge in [-0.2, -0.15) is 0 Å². The summed E-state index contributed by atoms with van der Waals surface area (Å²) >= 11 is 0. The molecule has 2 nitrogen and oxygen atoms in total. The van der Waals surface area contributed by atoms with Crippen LogP contribution in [0.4, 0.5) is 0 Å². The fraction of sp³-hybridized carbons (Fsp3) is 0.929. The average molecular weight is 228 g/mol. The predicted molar refractivity (Wildman–Crippen MR) is 68.6 cm³/mol. The highest BCUT2D eigenvalue weighted by atomic mass is 16.5. The molecule has 0 atom stereocenters. The lowest BCUT2D eigenvalue weighted by Crippen LogP contribution is -2.15. The molecule has 0 saturated heterocycles. The topological polar surface area (TPSA) is 26.3 Å². The number of hydrogen-bond acceptors (Lipinski definition) is 2. The monoisotopic (exact) mass is 228 g/mol. The first-order chi connectivity index (χ1) is 7.54. The molecule has 0 aromatic heterocycles. The molecular formula is C14H28O2. The Hall–Kier alpha value is -0.370. The summed E-state index contributed by atoms with van der Waals surface area (Å²) in [7, 11) is 0. The molecule has 16 heavy (non-hydrogen) atoms. The minimum atomic E-state index is 0.103. The van der Waals surface area contributed by atoms with E-state index in [0.717, 1.165) is 18.9 Å². The van der Waals surface area contributed by atoms with E-state index in [9.17, 15) is 4.79 Å². The van der Waals surface area contributed by atoms with Crippen molar-refractivity contribution in [1.29, 1.82) is 0 Å². The van der Waals surface area contributed by atoms with Crippen molar-refractivity contribution in [2.45, 2.75) is 59.8 Å². The Labute approximate surface area is 101 Å². The van der Waals surface area contributed by atoms with Gasteiger partial charge in [-0.15, -0.1) is 0 Å². The van der Waals surface area contributed by atoms with Crippen LogP contribution in [0, 0.1) is 11.8 Å². The van der Waals surface area contributed by atoms with Gasteiger partial charge >= 0.3 is 0 Å². The molecule has 0 aliphatic rings. The number of unbranched alkanes of at least 4 members (excludes halogenated alkanes) is 3. The van der Waals surface area contributed by atoms with Gasteiger partial charge in [0.25, 0.3) is 0 Å². The lowest BCUT2D eigenvalue weighted by molar-refractivity contribution is -0.126. The molecule has 0 spiro atoms. The minimum absolute atomic E-state index is 0.103. The summed E-state index contributed by atoms with van der Waals surface area (Å²) < 4.78 is 5.33. The highest BCUT2D eigenvalue weighted by molar-refractivity contribution is 5.81. The molecule has 2 heteroatoms. The van der Waals surface area contributed by atoms with Crippen LogP contribution in [-0.4, -0.2) is 19.0 Å². The number of carbonyl (C=O) groups excluding carboxylic acids is 1. The van der Waals surface area contributed by atoms with Gasteiger partial charge in [0.1, 0.15) is 6.61 Å². The zero-order chi connectivity index (χ0) is 12.4. The van der Waals surface area contributed by atoms with E-state index in [1.54, 1.807) is 0 Å². The zero-order valence-corrected chi connectivity index (χ0v) is 11.4. The van der Waals surface area contributed by atoms with Crippen LogP contribution in [-0.2, 0) is 9.53 Å². The summed E-state index contributed by atoms with van der Waals surface area (Å²) in [5, 5.41) is 0. The summed E-state index contributed by atoms with van der Waals surface area (Å²) in [6.07, 6.45) is 6.25. The first-order valence-electron chi connectivity index (χ1n) is 6.64. The van der Waals surface area contributed by atoms with Crippen molar-refractivity contribution in [2.75, 3.05) is 13.2 Å². The maximum absolute atomic E-state index is 11.2. The molecule has 0 N–H and O–H groups in total. The van der Waals surface area contributed by atoms with Crippen LogP contribution in [0.25, 0.3) is 0 Å². The van der Waals surface area contributed by atoms with Crippen molar-refractivity contribution in [1.82, 2.24) is 0 Å². The Morgan fingerprint density at radius 3 is 2.19 bits per heavy atom. The fourth-order valence-corrected chi connectivity index (χ4v) is 1.45. The average Bonchev–Trinajstić information content (AvgIpc) is 2.21. The first-order valence-corrected chi connectivity index (χ1v) is 6.64. The zero-order valence-electron chi connectivity index (χ0n) is 11.4. The van der Waals surface area contributed by atoms with Gasteiger partial charge in [-0.25, -0.2) is 0 Å². The van der Waals surface area contributed by atoms with Crippen LogP contribution in [0.5, 0.6) is 0 Å². The van der Waals surface area contributed by atoms with E-state index in [-0.39, 0.29) is 11.7 Å². The number of hydrogen-bond donors (Lipinski definition) is 0. The number of Topliss-reactive ketones (excluding diaryl/α,β-unsaturated/α-hetero) is 1. The number of carbonyl (C=O) groups is 1. The summed E-state index contributed by atoms with van der Waals surface area (Å²) in [6, 6.07) is 0. The highest BCUT2D eigenvalue weighted by Gasteiger charge is 2.06. The maximum Gasteiger partial charge on any atom is 0.160 e. The molecule has 0 aliphatic heterocycles. The van der Waals surface area contributed by atoms with Crippen LogP contribution in [0.3, 0.4) is 0 Å². The van der Waals surface area contributed by atoms with Gasteiger partial charge in [-0.1, -0.05) is 53.4 Å². The molecule has 0 fully saturated rings. The standard InChI is InChI=1S/C14H28O2/c1-12(2)9-7-5-6-8-10-16-11-14(15)13(3)4/h12-13H,5-11H2,1-4H3. The second-order valence-corrected chi connectivity index (χ2v) is 5.27. The third-order valence-corrected chi connectivity index (χ3v) is 2.71. The normalized spacial score (nSPS) is 11.4. The Kier molecular flexibility index (Phi) is 9.60. The summed E-state index contributed by atoms with van der Waals surface area (Å²) in [6.45, 7) is 9.39. The Bertz CT molecular complexity index is 174. The molecule has 0 amide bonds. The van der Waals surface area contributed by atoms with Gasteiger partial charge in [0.2, 0.25) is 0 Å². The van der Waals surface area contributed by atoms with E-state index >= 15 is 0 Å². The van der Waals surface area contributed by atoms with E-state index < -0.39 is 0 Å². The second kappa shape index (κ2) is 9.83. The Morgan fingerprint density at radius 2 is 1.62 bits per heavy atom. The molecule has 0 aromatic rings. The smallest absolute Gasteiger partial charge is 0.160 e. The van der Waals surface area contributed by atoms with Crippen LogP contribution in [0.2, 0.25) is 0 Å². The van der Waals surface area contributed by atoms with E-state index in [0.29, 0.717) is 6.61 Å². The third kappa shape index (κ3) is 10.2. The van der Waals surface area contributed by atoms with Gasteiger partial charge < -0.3 is 4.74 Å². The van der Waals surface area contributed by atoms with E-state index in [1.165, 1.54) is 25.7 Å². The van der Waals surface area contributed by atoms with Crippen LogP contribution in [0.1, 0.15) is 59.8 Å². The van der Waals surface area contributed by atoms with Crippen molar-refractivity contribution in [3.8, 4) is 0 Å². The molecule has 0 radical (unpaired) electrons. The van der Waals surface area contributed by atoms with Crippen molar-refractivity contribution in [3.63, 3.8) is 0 Å². The van der Waals surface area contributed by atoms with Gasteiger partial charge in [0.05, 0.1) is 0 Å². The second-order valence-electron chi connectivity index (χ2n) is 5.27. The maximum atomic E-state index is 11.2. The van der Waals surface area contributed by atoms with Crippen LogP contribution >= 0.6 is 0 Å². The van der Waals surface area contributed by atoms with Gasteiger partial charge in [0.15, 0.2) is 5.78 Å². The van der Waals surface area contributed by atoms with Gasteiger partial charge in [-0.05, 0) is 12.3 Å². The number of ether oxygens (including phenoxy) is 1. The Morgan fingerprint density at radius 1 is 1.00 bits per heavy atom. The van der Waals surface area contributed by atoms with Gasteiger partial charge in [0, 0.05) is 12.5 Å². The molecule has 0 rings (SSSR count). The van der Waals surface area contributed by atoms with Crippen molar-refractivity contribution < 1.29 is 9.53 Å². The summed E-state index contributed by atoms with van der Waals surface area (Å²) in [5.41, 5.74) is 0. The molecular weight excluding hydrogens is 200 g/mol. The first kappa shape index (κ1) is 15.6. The fourth-order valence-electron chi connectivity index (χ4n) is 1.45. The van der Waals surface area contributed by atoms with Crippen molar-refractivity contribution in [3.05, 3.63) is 0 Å². The van der Waals surface area contributed by atoms with E-state index in [1.807, 2.05) is 13.8 Å².